The molecule has 29 heavy (non-hydrogen) atoms. The van der Waals surface area contributed by atoms with Crippen molar-refractivity contribution in [2.24, 2.45) is 16.6 Å². The van der Waals surface area contributed by atoms with E-state index in [2.05, 4.69) is 10.3 Å². The van der Waals surface area contributed by atoms with Crippen LogP contribution in [0.15, 0.2) is 41.5 Å². The summed E-state index contributed by atoms with van der Waals surface area (Å²) < 4.78 is 11.9. The zero-order valence-electron chi connectivity index (χ0n) is 15.7. The van der Waals surface area contributed by atoms with Crippen LogP contribution in [0.25, 0.3) is 0 Å². The Labute approximate surface area is 173 Å². The molecule has 0 saturated heterocycles. The van der Waals surface area contributed by atoms with Gasteiger partial charge in [-0.2, -0.15) is 0 Å². The molecule has 0 radical (unpaired) electrons. The summed E-state index contributed by atoms with van der Waals surface area (Å²) in [6, 6.07) is 9.06. The van der Waals surface area contributed by atoms with E-state index < -0.39 is 5.54 Å². The second-order valence-electron chi connectivity index (χ2n) is 7.74. The molecular weight excluding hydrogens is 392 g/mol. The summed E-state index contributed by atoms with van der Waals surface area (Å²) in [4.78, 5) is 21.4. The Kier molecular flexibility index (Phi) is 4.35. The van der Waals surface area contributed by atoms with Crippen molar-refractivity contribution >= 4 is 29.2 Å². The van der Waals surface area contributed by atoms with Gasteiger partial charge in [0.25, 0.3) is 11.9 Å². The first-order valence-electron chi connectivity index (χ1n) is 9.77. The molecule has 8 heteroatoms. The maximum Gasteiger partial charge on any atom is 0.283 e. The van der Waals surface area contributed by atoms with Gasteiger partial charge in [-0.1, -0.05) is 18.0 Å². The summed E-state index contributed by atoms with van der Waals surface area (Å²) in [5.41, 5.74) is 7.19. The van der Waals surface area contributed by atoms with Gasteiger partial charge in [0.15, 0.2) is 0 Å². The van der Waals surface area contributed by atoms with E-state index >= 15 is 0 Å². The van der Waals surface area contributed by atoms with Gasteiger partial charge in [-0.3, -0.25) is 4.79 Å². The second-order valence-corrected chi connectivity index (χ2v) is 8.17. The molecule has 2 aromatic rings. The number of carbonyl (C=O) groups is 1. The minimum atomic E-state index is -0.567. The first-order valence-corrected chi connectivity index (χ1v) is 10.2. The average molecular weight is 413 g/mol. The molecule has 2 unspecified atom stereocenters. The van der Waals surface area contributed by atoms with E-state index in [1.807, 2.05) is 18.2 Å². The lowest BCUT2D eigenvalue weighted by Crippen LogP contribution is -2.49. The van der Waals surface area contributed by atoms with Crippen molar-refractivity contribution in [2.75, 3.05) is 11.9 Å². The molecule has 3 atom stereocenters. The highest BCUT2D eigenvalue weighted by Gasteiger charge is 2.54. The van der Waals surface area contributed by atoms with Crippen LogP contribution >= 0.6 is 11.6 Å². The van der Waals surface area contributed by atoms with Crippen LogP contribution in [-0.2, 0) is 10.3 Å². The number of amides is 1. The minimum Gasteiger partial charge on any atom is -0.490 e. The van der Waals surface area contributed by atoms with Crippen molar-refractivity contribution < 1.29 is 14.3 Å². The largest absolute Gasteiger partial charge is 0.490 e. The number of nitrogens with zero attached hydrogens (tertiary/aromatic N) is 2. The molecule has 3 aliphatic rings. The number of rotatable bonds is 2. The van der Waals surface area contributed by atoms with Crippen LogP contribution < -0.4 is 15.8 Å². The molecule has 0 bridgehead atoms. The number of halogens is 1. The number of hydrogen-bond donors (Lipinski definition) is 2. The van der Waals surface area contributed by atoms with E-state index in [9.17, 15) is 4.79 Å². The number of ether oxygens (including phenoxy) is 2. The van der Waals surface area contributed by atoms with Crippen LogP contribution in [0.3, 0.4) is 0 Å². The summed E-state index contributed by atoms with van der Waals surface area (Å²) in [5, 5.41) is 3.38. The third-order valence-electron chi connectivity index (χ3n) is 6.01. The van der Waals surface area contributed by atoms with E-state index in [0.29, 0.717) is 17.3 Å². The standard InChI is InChI=1S/C21H21ClN4O3/c22-12-5-7-16(24-10-12)19(27)25-13-6-8-18-15(9-13)21(11-28-20(23)26-21)14-3-1-2-4-17(14)29-18/h5-10,14,17H,1-4,11H2,(H2,23,26)(H,25,27)/t14?,17-,21?/m1/s1. The number of amidine groups is 1. The number of nitrogens with two attached hydrogens (primary N) is 1. The summed E-state index contributed by atoms with van der Waals surface area (Å²) >= 11 is 5.85. The van der Waals surface area contributed by atoms with Gasteiger partial charge in [0, 0.05) is 23.4 Å². The van der Waals surface area contributed by atoms with Crippen LogP contribution in [0.4, 0.5) is 5.69 Å². The molecule has 5 rings (SSSR count). The highest BCUT2D eigenvalue weighted by Crippen LogP contribution is 2.52. The number of aromatic nitrogens is 1. The van der Waals surface area contributed by atoms with Gasteiger partial charge in [0.05, 0.1) is 5.02 Å². The van der Waals surface area contributed by atoms with Gasteiger partial charge in [-0.05, 0) is 49.6 Å². The van der Waals surface area contributed by atoms with Crippen LogP contribution in [0, 0.1) is 5.92 Å². The highest BCUT2D eigenvalue weighted by molar-refractivity contribution is 6.30. The molecule has 1 aromatic heterocycles. The Balaban J connectivity index is 1.50. The van der Waals surface area contributed by atoms with Crippen LogP contribution in [0.5, 0.6) is 5.75 Å². The van der Waals surface area contributed by atoms with Gasteiger partial charge in [-0.25, -0.2) is 9.98 Å². The molecule has 3 heterocycles. The number of aliphatic imine (C=N–C) groups is 1. The van der Waals surface area contributed by atoms with Crippen molar-refractivity contribution in [1.82, 2.24) is 4.98 Å². The smallest absolute Gasteiger partial charge is 0.283 e. The Morgan fingerprint density at radius 3 is 2.86 bits per heavy atom. The SMILES string of the molecule is NC1=NC2(CO1)c1cc(NC(=O)c3ccc(Cl)cn3)ccc1O[C@@H]1CCCCC12. The topological polar surface area (TPSA) is 98.8 Å². The first-order chi connectivity index (χ1) is 14.0. The molecule has 1 spiro atoms. The van der Waals surface area contributed by atoms with Crippen molar-refractivity contribution in [1.29, 1.82) is 0 Å². The maximum atomic E-state index is 12.6. The third kappa shape index (κ3) is 3.09. The Morgan fingerprint density at radius 2 is 2.10 bits per heavy atom. The summed E-state index contributed by atoms with van der Waals surface area (Å²) in [6.07, 6.45) is 5.85. The number of benzene rings is 1. The number of nitrogens with one attached hydrogen (secondary N) is 1. The van der Waals surface area contributed by atoms with Gasteiger partial charge >= 0.3 is 0 Å². The lowest BCUT2D eigenvalue weighted by molar-refractivity contribution is 0.00746. The quantitative estimate of drug-likeness (QED) is 0.786. The van der Waals surface area contributed by atoms with Crippen molar-refractivity contribution in [3.8, 4) is 5.75 Å². The molecule has 150 valence electrons. The molecule has 1 aromatic carbocycles. The molecule has 1 saturated carbocycles. The molecule has 1 aliphatic carbocycles. The number of carbonyl (C=O) groups excluding carboxylic acids is 1. The second kappa shape index (κ2) is 6.91. The van der Waals surface area contributed by atoms with E-state index in [-0.39, 0.29) is 29.6 Å². The predicted octanol–water partition coefficient (Wildman–Crippen LogP) is 3.48. The van der Waals surface area contributed by atoms with Crippen molar-refractivity contribution in [3.63, 3.8) is 0 Å². The Hall–Kier alpha value is -2.80. The van der Waals surface area contributed by atoms with E-state index in [1.165, 1.54) is 6.20 Å². The molecule has 7 nitrogen and oxygen atoms in total. The monoisotopic (exact) mass is 412 g/mol. The van der Waals surface area contributed by atoms with Gasteiger partial charge < -0.3 is 20.5 Å². The lowest BCUT2D eigenvalue weighted by Gasteiger charge is -2.46. The fourth-order valence-corrected chi connectivity index (χ4v) is 4.79. The van der Waals surface area contributed by atoms with E-state index in [4.69, 9.17) is 31.8 Å². The predicted molar refractivity (Wildman–Crippen MR) is 109 cm³/mol. The van der Waals surface area contributed by atoms with Crippen molar-refractivity contribution in [3.05, 3.63) is 52.8 Å². The lowest BCUT2D eigenvalue weighted by atomic mass is 9.68. The summed E-state index contributed by atoms with van der Waals surface area (Å²) in [5.74, 6) is 0.667. The summed E-state index contributed by atoms with van der Waals surface area (Å²) in [7, 11) is 0. The Morgan fingerprint density at radius 1 is 1.24 bits per heavy atom. The average Bonchev–Trinajstić information content (AvgIpc) is 3.11. The first kappa shape index (κ1) is 18.2. The molecule has 1 fully saturated rings. The van der Waals surface area contributed by atoms with Gasteiger partial charge in [-0.15, -0.1) is 0 Å². The van der Waals surface area contributed by atoms with Crippen LogP contribution in [0.1, 0.15) is 41.7 Å². The fraction of sp³-hybridized carbons (Fsp3) is 0.381. The van der Waals surface area contributed by atoms with Crippen LogP contribution in [0.2, 0.25) is 5.02 Å². The van der Waals surface area contributed by atoms with Gasteiger partial charge in [0.2, 0.25) is 0 Å². The zero-order chi connectivity index (χ0) is 20.0. The minimum absolute atomic E-state index is 0.105. The van der Waals surface area contributed by atoms with Crippen molar-refractivity contribution in [2.45, 2.75) is 37.3 Å². The number of anilines is 1. The third-order valence-corrected chi connectivity index (χ3v) is 6.23. The zero-order valence-corrected chi connectivity index (χ0v) is 16.5. The summed E-state index contributed by atoms with van der Waals surface area (Å²) in [6.45, 7) is 0.395. The number of pyridine rings is 1. The highest BCUT2D eigenvalue weighted by atomic mass is 35.5. The fourth-order valence-electron chi connectivity index (χ4n) is 4.67. The molecule has 2 aliphatic heterocycles. The number of hydrogen-bond acceptors (Lipinski definition) is 6. The molecule has 1 amide bonds. The van der Waals surface area contributed by atoms with E-state index in [0.717, 1.165) is 37.0 Å². The molecule has 3 N–H and O–H groups in total. The Bertz CT molecular complexity index is 994. The number of fused-ring (bicyclic) bond motifs is 4. The van der Waals surface area contributed by atoms with E-state index in [1.54, 1.807) is 12.1 Å². The normalized spacial score (nSPS) is 27.3. The maximum absolute atomic E-state index is 12.6. The van der Waals surface area contributed by atoms with Crippen LogP contribution in [-0.4, -0.2) is 29.6 Å². The molecular formula is C21H21ClN4O3. The van der Waals surface area contributed by atoms with Gasteiger partial charge in [0.1, 0.15) is 29.7 Å².